The van der Waals surface area contributed by atoms with Crippen molar-refractivity contribution in [1.29, 1.82) is 0 Å². The number of amides is 1. The van der Waals surface area contributed by atoms with Gasteiger partial charge < -0.3 is 14.8 Å². The first-order chi connectivity index (χ1) is 14.1. The summed E-state index contributed by atoms with van der Waals surface area (Å²) in [4.78, 5) is 16.2. The maximum Gasteiger partial charge on any atom is 0.422 e. The molecule has 0 radical (unpaired) electrons. The van der Waals surface area contributed by atoms with Crippen LogP contribution in [0.3, 0.4) is 0 Å². The molecule has 0 atom stereocenters. The molecule has 2 heterocycles. The lowest BCUT2D eigenvalue weighted by Gasteiger charge is -2.11. The predicted molar refractivity (Wildman–Crippen MR) is 98.2 cm³/mol. The number of pyridine rings is 1. The SMILES string of the molecule is Cc1nn(C)c(Oc2cccc(F)c2)c1NC(=O)c1ccc(OCC(F)(F)F)nc1. The number of carbonyl (C=O) groups excluding carboxylic acids is 1. The molecule has 30 heavy (non-hydrogen) atoms. The van der Waals surface area contributed by atoms with Gasteiger partial charge >= 0.3 is 6.18 Å². The van der Waals surface area contributed by atoms with Gasteiger partial charge in [-0.15, -0.1) is 0 Å². The molecule has 0 aliphatic heterocycles. The van der Waals surface area contributed by atoms with Gasteiger partial charge in [-0.25, -0.2) is 14.1 Å². The van der Waals surface area contributed by atoms with E-state index in [1.165, 1.54) is 28.9 Å². The average Bonchev–Trinajstić information content (AvgIpc) is 2.93. The first-order valence-corrected chi connectivity index (χ1v) is 8.56. The molecule has 0 saturated heterocycles. The van der Waals surface area contributed by atoms with Crippen LogP contribution in [-0.2, 0) is 7.05 Å². The highest BCUT2D eigenvalue weighted by molar-refractivity contribution is 6.05. The molecule has 1 amide bonds. The normalized spacial score (nSPS) is 11.3. The lowest BCUT2D eigenvalue weighted by atomic mass is 10.2. The number of nitrogens with zero attached hydrogens (tertiary/aromatic N) is 3. The maximum atomic E-state index is 13.4. The molecule has 3 aromatic rings. The summed E-state index contributed by atoms with van der Waals surface area (Å²) in [6, 6.07) is 7.88. The third-order valence-electron chi connectivity index (χ3n) is 3.80. The van der Waals surface area contributed by atoms with Crippen LogP contribution in [0.15, 0.2) is 42.6 Å². The number of rotatable bonds is 6. The second-order valence-electron chi connectivity index (χ2n) is 6.19. The molecule has 3 rings (SSSR count). The Labute approximate surface area is 168 Å². The minimum Gasteiger partial charge on any atom is -0.468 e. The quantitative estimate of drug-likeness (QED) is 0.599. The highest BCUT2D eigenvalue weighted by Gasteiger charge is 2.28. The van der Waals surface area contributed by atoms with Gasteiger partial charge in [-0.3, -0.25) is 4.79 Å². The minimum absolute atomic E-state index is 0.0781. The van der Waals surface area contributed by atoms with E-state index in [2.05, 4.69) is 20.1 Å². The molecule has 11 heteroatoms. The molecule has 0 unspecified atom stereocenters. The third kappa shape index (κ3) is 5.25. The number of carbonyl (C=O) groups is 1. The summed E-state index contributed by atoms with van der Waals surface area (Å²) in [5.74, 6) is -0.969. The highest BCUT2D eigenvalue weighted by atomic mass is 19.4. The van der Waals surface area contributed by atoms with Gasteiger partial charge in [-0.1, -0.05) is 6.07 Å². The summed E-state index contributed by atoms with van der Waals surface area (Å²) in [6.45, 7) is 0.154. The van der Waals surface area contributed by atoms with Crippen molar-refractivity contribution in [2.45, 2.75) is 13.1 Å². The number of hydrogen-bond donors (Lipinski definition) is 1. The second kappa shape index (κ2) is 8.39. The van der Waals surface area contributed by atoms with Crippen LogP contribution in [0.2, 0.25) is 0 Å². The Balaban J connectivity index is 1.75. The first-order valence-electron chi connectivity index (χ1n) is 8.56. The average molecular weight is 424 g/mol. The van der Waals surface area contributed by atoms with E-state index >= 15 is 0 Å². The Kier molecular flexibility index (Phi) is 5.90. The Morgan fingerprint density at radius 1 is 1.23 bits per heavy atom. The molecule has 158 valence electrons. The first kappa shape index (κ1) is 21.1. The fourth-order valence-electron chi connectivity index (χ4n) is 2.48. The number of nitrogens with one attached hydrogen (secondary N) is 1. The van der Waals surface area contributed by atoms with E-state index in [9.17, 15) is 22.4 Å². The third-order valence-corrected chi connectivity index (χ3v) is 3.80. The lowest BCUT2D eigenvalue weighted by Crippen LogP contribution is -2.19. The predicted octanol–water partition coefficient (Wildman–Crippen LogP) is 4.25. The summed E-state index contributed by atoms with van der Waals surface area (Å²) in [5.41, 5.74) is 0.772. The van der Waals surface area contributed by atoms with Crippen molar-refractivity contribution in [3.05, 3.63) is 59.7 Å². The van der Waals surface area contributed by atoms with E-state index in [0.717, 1.165) is 12.3 Å². The van der Waals surface area contributed by atoms with Crippen molar-refractivity contribution in [2.75, 3.05) is 11.9 Å². The van der Waals surface area contributed by atoms with Gasteiger partial charge in [-0.2, -0.15) is 18.3 Å². The molecule has 0 fully saturated rings. The molecular weight excluding hydrogens is 408 g/mol. The number of hydrogen-bond acceptors (Lipinski definition) is 5. The van der Waals surface area contributed by atoms with Crippen LogP contribution >= 0.6 is 0 Å². The minimum atomic E-state index is -4.49. The molecule has 2 aromatic heterocycles. The Hall–Kier alpha value is -3.63. The van der Waals surface area contributed by atoms with Crippen molar-refractivity contribution in [2.24, 2.45) is 7.05 Å². The standard InChI is InChI=1S/C19H16F4N4O3/c1-11-16(18(27(2)26-11)30-14-5-3-4-13(20)8-14)25-17(28)12-6-7-15(24-9-12)29-10-19(21,22)23/h3-9H,10H2,1-2H3,(H,25,28). The van der Waals surface area contributed by atoms with E-state index in [1.54, 1.807) is 20.0 Å². The van der Waals surface area contributed by atoms with E-state index in [-0.39, 0.29) is 28.8 Å². The van der Waals surface area contributed by atoms with Gasteiger partial charge in [-0.05, 0) is 25.1 Å². The summed E-state index contributed by atoms with van der Waals surface area (Å²) in [6.07, 6.45) is -3.41. The topological polar surface area (TPSA) is 78.3 Å². The van der Waals surface area contributed by atoms with Gasteiger partial charge in [0, 0.05) is 25.4 Å². The zero-order chi connectivity index (χ0) is 21.9. The van der Waals surface area contributed by atoms with E-state index in [0.29, 0.717) is 5.69 Å². The van der Waals surface area contributed by atoms with Crippen molar-refractivity contribution in [3.8, 4) is 17.5 Å². The monoisotopic (exact) mass is 424 g/mol. The lowest BCUT2D eigenvalue weighted by molar-refractivity contribution is -0.154. The van der Waals surface area contributed by atoms with Crippen LogP contribution in [0.25, 0.3) is 0 Å². The number of anilines is 1. The number of alkyl halides is 3. The molecule has 1 aromatic carbocycles. The molecule has 0 spiro atoms. The van der Waals surface area contributed by atoms with Crippen LogP contribution < -0.4 is 14.8 Å². The van der Waals surface area contributed by atoms with E-state index < -0.39 is 24.5 Å². The van der Waals surface area contributed by atoms with Gasteiger partial charge in [0.05, 0.1) is 11.3 Å². The molecule has 0 aliphatic rings. The molecule has 1 N–H and O–H groups in total. The molecule has 0 aliphatic carbocycles. The smallest absolute Gasteiger partial charge is 0.422 e. The highest BCUT2D eigenvalue weighted by Crippen LogP contribution is 2.32. The van der Waals surface area contributed by atoms with Crippen molar-refractivity contribution in [1.82, 2.24) is 14.8 Å². The zero-order valence-corrected chi connectivity index (χ0v) is 15.8. The number of halogens is 4. The molecular formula is C19H16F4N4O3. The second-order valence-corrected chi connectivity index (χ2v) is 6.19. The molecule has 0 bridgehead atoms. The van der Waals surface area contributed by atoms with Gasteiger partial charge in [0.1, 0.15) is 17.3 Å². The maximum absolute atomic E-state index is 13.4. The van der Waals surface area contributed by atoms with Gasteiger partial charge in [0.15, 0.2) is 6.61 Å². The summed E-state index contributed by atoms with van der Waals surface area (Å²) < 4.78 is 61.5. The molecule has 0 saturated carbocycles. The van der Waals surface area contributed by atoms with Crippen molar-refractivity contribution >= 4 is 11.6 Å². The van der Waals surface area contributed by atoms with Crippen molar-refractivity contribution < 1.29 is 31.8 Å². The van der Waals surface area contributed by atoms with E-state index in [1.807, 2.05) is 0 Å². The summed E-state index contributed by atoms with van der Waals surface area (Å²) >= 11 is 0. The zero-order valence-electron chi connectivity index (χ0n) is 15.8. The fourth-order valence-corrected chi connectivity index (χ4v) is 2.48. The van der Waals surface area contributed by atoms with Crippen LogP contribution in [-0.4, -0.2) is 33.5 Å². The Morgan fingerprint density at radius 2 is 2.00 bits per heavy atom. The van der Waals surface area contributed by atoms with E-state index in [4.69, 9.17) is 4.74 Å². The van der Waals surface area contributed by atoms with Crippen molar-refractivity contribution in [3.63, 3.8) is 0 Å². The Morgan fingerprint density at radius 3 is 2.63 bits per heavy atom. The van der Waals surface area contributed by atoms with Crippen LogP contribution in [0.4, 0.5) is 23.2 Å². The summed E-state index contributed by atoms with van der Waals surface area (Å²) in [7, 11) is 1.59. The van der Waals surface area contributed by atoms with Gasteiger partial charge in [0.2, 0.25) is 11.8 Å². The Bertz CT molecular complexity index is 1050. The van der Waals surface area contributed by atoms with Gasteiger partial charge in [0.25, 0.3) is 5.91 Å². The largest absolute Gasteiger partial charge is 0.468 e. The van der Waals surface area contributed by atoms with Crippen LogP contribution in [0.5, 0.6) is 17.5 Å². The van der Waals surface area contributed by atoms with Crippen LogP contribution in [0, 0.1) is 12.7 Å². The number of benzene rings is 1. The fraction of sp³-hybridized carbons (Fsp3) is 0.211. The summed E-state index contributed by atoms with van der Waals surface area (Å²) in [5, 5.41) is 6.80. The number of aromatic nitrogens is 3. The number of aryl methyl sites for hydroxylation is 2. The van der Waals surface area contributed by atoms with Crippen LogP contribution in [0.1, 0.15) is 16.1 Å². The number of ether oxygens (including phenoxy) is 2. The molecule has 7 nitrogen and oxygen atoms in total.